The third-order valence-corrected chi connectivity index (χ3v) is 2.92. The molecule has 1 N–H and O–H groups in total. The monoisotopic (exact) mass is 223 g/mol. The summed E-state index contributed by atoms with van der Waals surface area (Å²) >= 11 is 1.56. The van der Waals surface area contributed by atoms with Crippen LogP contribution in [0.25, 0.3) is 0 Å². The number of halogens is 1. The van der Waals surface area contributed by atoms with Gasteiger partial charge >= 0.3 is 0 Å². The summed E-state index contributed by atoms with van der Waals surface area (Å²) in [6.45, 7) is 1.99. The predicted octanol–water partition coefficient (Wildman–Crippen LogP) is 2.85. The van der Waals surface area contributed by atoms with Crippen LogP contribution in [0.1, 0.15) is 17.8 Å². The quantitative estimate of drug-likeness (QED) is 0.813. The first-order valence-electron chi connectivity index (χ1n) is 4.53. The van der Waals surface area contributed by atoms with Gasteiger partial charge in [-0.25, -0.2) is 4.98 Å². The maximum atomic E-state index is 12.8. The van der Waals surface area contributed by atoms with E-state index in [9.17, 15) is 4.39 Å². The molecule has 1 atom stereocenters. The van der Waals surface area contributed by atoms with Crippen molar-refractivity contribution >= 4 is 17.2 Å². The van der Waals surface area contributed by atoms with Gasteiger partial charge in [-0.3, -0.25) is 4.98 Å². The molecule has 0 aliphatic heterocycles. The molecule has 0 amide bonds. The highest BCUT2D eigenvalue weighted by Crippen LogP contribution is 2.20. The van der Waals surface area contributed by atoms with Gasteiger partial charge in [-0.2, -0.15) is 4.39 Å². The molecule has 2 heterocycles. The molecule has 0 saturated carbocycles. The molecule has 0 bridgehead atoms. The Balaban J connectivity index is 2.09. The molecule has 0 saturated heterocycles. The van der Waals surface area contributed by atoms with Gasteiger partial charge in [0, 0.05) is 11.1 Å². The normalized spacial score (nSPS) is 12.4. The van der Waals surface area contributed by atoms with E-state index >= 15 is 0 Å². The van der Waals surface area contributed by atoms with Crippen molar-refractivity contribution in [3.63, 3.8) is 0 Å². The van der Waals surface area contributed by atoms with Crippen LogP contribution in [-0.2, 0) is 0 Å². The second-order valence-electron chi connectivity index (χ2n) is 3.12. The Hall–Kier alpha value is -1.49. The molecule has 5 heteroatoms. The van der Waals surface area contributed by atoms with Crippen molar-refractivity contribution in [3.05, 3.63) is 40.7 Å². The van der Waals surface area contributed by atoms with Crippen LogP contribution in [0.15, 0.2) is 29.9 Å². The van der Waals surface area contributed by atoms with E-state index in [1.807, 2.05) is 6.92 Å². The molecule has 0 aliphatic carbocycles. The van der Waals surface area contributed by atoms with E-state index < -0.39 is 5.95 Å². The Labute approximate surface area is 91.0 Å². The van der Waals surface area contributed by atoms with Gasteiger partial charge in [-0.05, 0) is 19.1 Å². The minimum Gasteiger partial charge on any atom is -0.363 e. The topological polar surface area (TPSA) is 37.8 Å². The molecule has 3 nitrogen and oxygen atoms in total. The third kappa shape index (κ3) is 2.50. The maximum Gasteiger partial charge on any atom is 0.214 e. The van der Waals surface area contributed by atoms with Crippen LogP contribution >= 0.6 is 11.3 Å². The fraction of sp³-hybridized carbons (Fsp3) is 0.200. The van der Waals surface area contributed by atoms with Crippen LogP contribution in [0.3, 0.4) is 0 Å². The molecule has 78 valence electrons. The fourth-order valence-corrected chi connectivity index (χ4v) is 1.85. The van der Waals surface area contributed by atoms with E-state index in [0.29, 0.717) is 5.82 Å². The van der Waals surface area contributed by atoms with E-state index in [0.717, 1.165) is 4.88 Å². The third-order valence-electron chi connectivity index (χ3n) is 1.96. The van der Waals surface area contributed by atoms with Gasteiger partial charge < -0.3 is 5.32 Å². The second-order valence-corrected chi connectivity index (χ2v) is 4.03. The Morgan fingerprint density at radius 1 is 1.47 bits per heavy atom. The summed E-state index contributed by atoms with van der Waals surface area (Å²) in [5.41, 5.74) is 1.77. The van der Waals surface area contributed by atoms with Gasteiger partial charge in [0.2, 0.25) is 5.95 Å². The highest BCUT2D eigenvalue weighted by atomic mass is 32.1. The molecule has 0 spiro atoms. The van der Waals surface area contributed by atoms with E-state index in [4.69, 9.17) is 0 Å². The number of rotatable bonds is 3. The number of nitrogens with one attached hydrogen (secondary N) is 1. The van der Waals surface area contributed by atoms with Crippen molar-refractivity contribution in [2.45, 2.75) is 13.0 Å². The largest absolute Gasteiger partial charge is 0.363 e. The second kappa shape index (κ2) is 4.35. The summed E-state index contributed by atoms with van der Waals surface area (Å²) in [7, 11) is 0. The van der Waals surface area contributed by atoms with Crippen molar-refractivity contribution in [2.24, 2.45) is 0 Å². The molecule has 2 aromatic heterocycles. The lowest BCUT2D eigenvalue weighted by molar-refractivity contribution is 0.584. The summed E-state index contributed by atoms with van der Waals surface area (Å²) < 4.78 is 12.8. The van der Waals surface area contributed by atoms with E-state index in [1.165, 1.54) is 6.07 Å². The van der Waals surface area contributed by atoms with Gasteiger partial charge in [-0.1, -0.05) is 6.07 Å². The molecule has 0 aromatic carbocycles. The van der Waals surface area contributed by atoms with Crippen LogP contribution in [-0.4, -0.2) is 9.97 Å². The number of anilines is 1. The molecule has 0 radical (unpaired) electrons. The van der Waals surface area contributed by atoms with Gasteiger partial charge in [0.25, 0.3) is 0 Å². The summed E-state index contributed by atoms with van der Waals surface area (Å²) in [6, 6.07) is 4.78. The van der Waals surface area contributed by atoms with E-state index in [2.05, 4.69) is 15.3 Å². The zero-order chi connectivity index (χ0) is 10.7. The van der Waals surface area contributed by atoms with E-state index in [1.54, 1.807) is 35.2 Å². The minimum atomic E-state index is -0.475. The first-order chi connectivity index (χ1) is 7.25. The molecule has 15 heavy (non-hydrogen) atoms. The molecular weight excluding hydrogens is 213 g/mol. The average Bonchev–Trinajstić information content (AvgIpc) is 2.70. The summed E-state index contributed by atoms with van der Waals surface area (Å²) in [5.74, 6) is 0.0624. The van der Waals surface area contributed by atoms with Crippen molar-refractivity contribution in [1.29, 1.82) is 0 Å². The van der Waals surface area contributed by atoms with Crippen LogP contribution < -0.4 is 5.32 Å². The van der Waals surface area contributed by atoms with Crippen LogP contribution in [0.2, 0.25) is 0 Å². The average molecular weight is 223 g/mol. The Morgan fingerprint density at radius 3 is 3.00 bits per heavy atom. The molecular formula is C10H10FN3S. The lowest BCUT2D eigenvalue weighted by Gasteiger charge is -2.11. The molecule has 2 rings (SSSR count). The van der Waals surface area contributed by atoms with Gasteiger partial charge in [0.1, 0.15) is 5.82 Å². The molecule has 0 fully saturated rings. The zero-order valence-electron chi connectivity index (χ0n) is 8.14. The first kappa shape index (κ1) is 10.0. The summed E-state index contributed by atoms with van der Waals surface area (Å²) in [5, 5.41) is 3.10. The smallest absolute Gasteiger partial charge is 0.214 e. The van der Waals surface area contributed by atoms with Crippen molar-refractivity contribution in [3.8, 4) is 0 Å². The number of nitrogens with zero attached hydrogens (tertiary/aromatic N) is 2. The summed E-state index contributed by atoms with van der Waals surface area (Å²) in [6.07, 6.45) is 1.79. The number of thiazole rings is 1. The standard InChI is InChI=1S/C10H10FN3S/c1-7(8-5-12-6-15-8)13-10-4-2-3-9(11)14-10/h2-7H,1H3,(H,13,14). The van der Waals surface area contributed by atoms with E-state index in [-0.39, 0.29) is 6.04 Å². The highest BCUT2D eigenvalue weighted by Gasteiger charge is 2.07. The summed E-state index contributed by atoms with van der Waals surface area (Å²) in [4.78, 5) is 8.81. The first-order valence-corrected chi connectivity index (χ1v) is 5.41. The lowest BCUT2D eigenvalue weighted by Crippen LogP contribution is -2.06. The molecule has 2 aromatic rings. The Morgan fingerprint density at radius 2 is 2.33 bits per heavy atom. The van der Waals surface area contributed by atoms with Gasteiger partial charge in [0.05, 0.1) is 11.6 Å². The van der Waals surface area contributed by atoms with Crippen LogP contribution in [0.4, 0.5) is 10.2 Å². The molecule has 0 aliphatic rings. The maximum absolute atomic E-state index is 12.8. The number of hydrogen-bond acceptors (Lipinski definition) is 4. The Bertz CT molecular complexity index is 430. The SMILES string of the molecule is CC(Nc1cccc(F)n1)c1cncs1. The lowest BCUT2D eigenvalue weighted by atomic mass is 10.3. The van der Waals surface area contributed by atoms with Gasteiger partial charge in [-0.15, -0.1) is 11.3 Å². The molecule has 1 unspecified atom stereocenters. The minimum absolute atomic E-state index is 0.0896. The fourth-order valence-electron chi connectivity index (χ4n) is 1.22. The van der Waals surface area contributed by atoms with Crippen molar-refractivity contribution in [2.75, 3.05) is 5.32 Å². The highest BCUT2D eigenvalue weighted by molar-refractivity contribution is 7.09. The van der Waals surface area contributed by atoms with Crippen LogP contribution in [0.5, 0.6) is 0 Å². The van der Waals surface area contributed by atoms with Crippen molar-refractivity contribution < 1.29 is 4.39 Å². The van der Waals surface area contributed by atoms with Crippen LogP contribution in [0, 0.1) is 5.95 Å². The zero-order valence-corrected chi connectivity index (χ0v) is 8.96. The Kier molecular flexibility index (Phi) is 2.91. The predicted molar refractivity (Wildman–Crippen MR) is 58.3 cm³/mol. The number of hydrogen-bond donors (Lipinski definition) is 1. The van der Waals surface area contributed by atoms with Crippen molar-refractivity contribution in [1.82, 2.24) is 9.97 Å². The number of pyridine rings is 1. The number of aromatic nitrogens is 2. The van der Waals surface area contributed by atoms with Gasteiger partial charge in [0.15, 0.2) is 0 Å².